The average molecular weight is 156 g/mol. The molecule has 1 fully saturated rings. The summed E-state index contributed by atoms with van der Waals surface area (Å²) in [4.78, 5) is 2.09. The summed E-state index contributed by atoms with van der Waals surface area (Å²) in [6.07, 6.45) is 2.39. The van der Waals surface area contributed by atoms with Crippen LogP contribution in [0, 0.1) is 5.41 Å². The lowest BCUT2D eigenvalue weighted by molar-refractivity contribution is 0.158. The Hall–Kier alpha value is -0.570. The van der Waals surface area contributed by atoms with Crippen LogP contribution in [-0.4, -0.2) is 37.0 Å². The number of methoxy groups -OCH3 is 1. The van der Waals surface area contributed by atoms with Crippen molar-refractivity contribution in [3.8, 4) is 0 Å². The van der Waals surface area contributed by atoms with Crippen molar-refractivity contribution in [2.75, 3.05) is 20.2 Å². The Bertz CT molecular complexity index is 141. The molecule has 1 N–H and O–H groups in total. The summed E-state index contributed by atoms with van der Waals surface area (Å²) >= 11 is 0. The highest BCUT2D eigenvalue weighted by Crippen LogP contribution is 2.09. The fraction of sp³-hybridized carbons (Fsp3) is 0.875. The van der Waals surface area contributed by atoms with Crippen molar-refractivity contribution < 1.29 is 4.74 Å². The second kappa shape index (κ2) is 3.72. The molecule has 1 aliphatic rings. The number of hydrogen-bond acceptors (Lipinski definition) is 2. The van der Waals surface area contributed by atoms with Gasteiger partial charge in [0.25, 0.3) is 0 Å². The van der Waals surface area contributed by atoms with E-state index in [1.54, 1.807) is 7.11 Å². The molecular formula is C8H16N2O. The summed E-state index contributed by atoms with van der Waals surface area (Å²) in [7, 11) is 1.65. The SMILES string of the molecule is COC(C)C(=N)N1CCCC1. The first kappa shape index (κ1) is 8.53. The fourth-order valence-electron chi connectivity index (χ4n) is 1.33. The van der Waals surface area contributed by atoms with E-state index in [-0.39, 0.29) is 6.10 Å². The molecule has 0 aliphatic carbocycles. The van der Waals surface area contributed by atoms with E-state index in [1.165, 1.54) is 12.8 Å². The molecule has 1 atom stereocenters. The molecule has 3 nitrogen and oxygen atoms in total. The van der Waals surface area contributed by atoms with Crippen molar-refractivity contribution in [2.45, 2.75) is 25.9 Å². The summed E-state index contributed by atoms with van der Waals surface area (Å²) in [5.41, 5.74) is 0. The predicted octanol–water partition coefficient (Wildman–Crippen LogP) is 1.09. The quantitative estimate of drug-likeness (QED) is 0.480. The van der Waals surface area contributed by atoms with Crippen LogP contribution in [0.4, 0.5) is 0 Å². The minimum absolute atomic E-state index is 0.0481. The van der Waals surface area contributed by atoms with Crippen molar-refractivity contribution in [1.29, 1.82) is 5.41 Å². The van der Waals surface area contributed by atoms with E-state index in [0.29, 0.717) is 5.84 Å². The smallest absolute Gasteiger partial charge is 0.125 e. The van der Waals surface area contributed by atoms with Crippen molar-refractivity contribution in [2.24, 2.45) is 0 Å². The van der Waals surface area contributed by atoms with Crippen molar-refractivity contribution in [3.63, 3.8) is 0 Å². The first-order chi connectivity index (χ1) is 5.25. The van der Waals surface area contributed by atoms with Gasteiger partial charge in [0.05, 0.1) is 0 Å². The number of amidine groups is 1. The van der Waals surface area contributed by atoms with E-state index in [0.717, 1.165) is 13.1 Å². The Kier molecular flexibility index (Phi) is 2.88. The minimum atomic E-state index is -0.0481. The summed E-state index contributed by atoms with van der Waals surface area (Å²) in [5, 5.41) is 7.69. The minimum Gasteiger partial charge on any atom is -0.374 e. The summed E-state index contributed by atoms with van der Waals surface area (Å²) in [6.45, 7) is 3.99. The molecule has 0 aromatic heterocycles. The third kappa shape index (κ3) is 1.93. The van der Waals surface area contributed by atoms with Crippen LogP contribution in [0.15, 0.2) is 0 Å². The van der Waals surface area contributed by atoms with Gasteiger partial charge in [0.2, 0.25) is 0 Å². The van der Waals surface area contributed by atoms with Gasteiger partial charge in [-0.05, 0) is 19.8 Å². The molecule has 1 saturated heterocycles. The standard InChI is InChI=1S/C8H16N2O/c1-7(11-2)8(9)10-5-3-4-6-10/h7,9H,3-6H2,1-2H3. The zero-order chi connectivity index (χ0) is 8.27. The third-order valence-electron chi connectivity index (χ3n) is 2.19. The molecule has 0 amide bonds. The number of nitrogens with zero attached hydrogens (tertiary/aromatic N) is 1. The topological polar surface area (TPSA) is 36.3 Å². The van der Waals surface area contributed by atoms with E-state index in [1.807, 2.05) is 6.92 Å². The monoisotopic (exact) mass is 156 g/mol. The molecule has 1 rings (SSSR count). The maximum atomic E-state index is 7.69. The molecule has 1 unspecified atom stereocenters. The zero-order valence-electron chi connectivity index (χ0n) is 7.26. The van der Waals surface area contributed by atoms with Gasteiger partial charge in [0.1, 0.15) is 11.9 Å². The lowest BCUT2D eigenvalue weighted by atomic mass is 10.3. The van der Waals surface area contributed by atoms with E-state index >= 15 is 0 Å². The average Bonchev–Trinajstić information content (AvgIpc) is 2.53. The van der Waals surface area contributed by atoms with Crippen LogP contribution in [0.25, 0.3) is 0 Å². The second-order valence-corrected chi connectivity index (χ2v) is 2.96. The Morgan fingerprint density at radius 1 is 1.45 bits per heavy atom. The molecule has 0 bridgehead atoms. The molecular weight excluding hydrogens is 140 g/mol. The van der Waals surface area contributed by atoms with E-state index in [9.17, 15) is 0 Å². The molecule has 64 valence electrons. The number of nitrogens with one attached hydrogen (secondary N) is 1. The maximum Gasteiger partial charge on any atom is 0.125 e. The molecule has 0 radical (unpaired) electrons. The largest absolute Gasteiger partial charge is 0.374 e. The molecule has 11 heavy (non-hydrogen) atoms. The molecule has 3 heteroatoms. The fourth-order valence-corrected chi connectivity index (χ4v) is 1.33. The highest BCUT2D eigenvalue weighted by Gasteiger charge is 2.18. The molecule has 0 spiro atoms. The van der Waals surface area contributed by atoms with E-state index in [4.69, 9.17) is 10.1 Å². The van der Waals surface area contributed by atoms with Gasteiger partial charge in [0, 0.05) is 20.2 Å². The number of rotatable bonds is 2. The Morgan fingerprint density at radius 2 is 2.00 bits per heavy atom. The van der Waals surface area contributed by atoms with Crippen molar-refractivity contribution in [3.05, 3.63) is 0 Å². The van der Waals surface area contributed by atoms with Gasteiger partial charge in [-0.25, -0.2) is 0 Å². The Morgan fingerprint density at radius 3 is 2.45 bits per heavy atom. The van der Waals surface area contributed by atoms with Crippen LogP contribution in [0.3, 0.4) is 0 Å². The normalized spacial score (nSPS) is 20.4. The Balaban J connectivity index is 2.39. The number of hydrogen-bond donors (Lipinski definition) is 1. The number of likely N-dealkylation sites (tertiary alicyclic amines) is 1. The van der Waals surface area contributed by atoms with Crippen LogP contribution in [-0.2, 0) is 4.74 Å². The summed E-state index contributed by atoms with van der Waals surface area (Å²) in [6, 6.07) is 0. The van der Waals surface area contributed by atoms with Crippen LogP contribution >= 0.6 is 0 Å². The van der Waals surface area contributed by atoms with Gasteiger partial charge in [-0.2, -0.15) is 0 Å². The first-order valence-electron chi connectivity index (χ1n) is 4.12. The van der Waals surface area contributed by atoms with E-state index < -0.39 is 0 Å². The van der Waals surface area contributed by atoms with Gasteiger partial charge >= 0.3 is 0 Å². The Labute approximate surface area is 67.8 Å². The molecule has 0 saturated carbocycles. The van der Waals surface area contributed by atoms with Crippen LogP contribution < -0.4 is 0 Å². The van der Waals surface area contributed by atoms with Gasteiger partial charge in [-0.3, -0.25) is 5.41 Å². The lowest BCUT2D eigenvalue weighted by Crippen LogP contribution is -2.35. The highest BCUT2D eigenvalue weighted by molar-refractivity contribution is 5.83. The summed E-state index contributed by atoms with van der Waals surface area (Å²) < 4.78 is 5.06. The van der Waals surface area contributed by atoms with Crippen LogP contribution in [0.1, 0.15) is 19.8 Å². The van der Waals surface area contributed by atoms with E-state index in [2.05, 4.69) is 4.90 Å². The van der Waals surface area contributed by atoms with Crippen molar-refractivity contribution >= 4 is 5.84 Å². The molecule has 1 aliphatic heterocycles. The van der Waals surface area contributed by atoms with Gasteiger partial charge in [-0.1, -0.05) is 0 Å². The van der Waals surface area contributed by atoms with Gasteiger partial charge in [-0.15, -0.1) is 0 Å². The first-order valence-corrected chi connectivity index (χ1v) is 4.12. The van der Waals surface area contributed by atoms with Crippen molar-refractivity contribution in [1.82, 2.24) is 4.90 Å². The zero-order valence-corrected chi connectivity index (χ0v) is 7.26. The van der Waals surface area contributed by atoms with Gasteiger partial charge in [0.15, 0.2) is 0 Å². The molecule has 0 aromatic carbocycles. The van der Waals surface area contributed by atoms with Crippen LogP contribution in [0.2, 0.25) is 0 Å². The third-order valence-corrected chi connectivity index (χ3v) is 2.19. The predicted molar refractivity (Wildman–Crippen MR) is 45.0 cm³/mol. The van der Waals surface area contributed by atoms with Crippen LogP contribution in [0.5, 0.6) is 0 Å². The highest BCUT2D eigenvalue weighted by atomic mass is 16.5. The lowest BCUT2D eigenvalue weighted by Gasteiger charge is -2.22. The second-order valence-electron chi connectivity index (χ2n) is 2.96. The molecule has 1 heterocycles. The molecule has 0 aromatic rings. The number of ether oxygens (including phenoxy) is 1. The summed E-state index contributed by atoms with van der Waals surface area (Å²) in [5.74, 6) is 0.630. The van der Waals surface area contributed by atoms with Gasteiger partial charge < -0.3 is 9.64 Å². The maximum absolute atomic E-state index is 7.69.